The maximum absolute atomic E-state index is 5.37. The monoisotopic (exact) mass is 201 g/mol. The summed E-state index contributed by atoms with van der Waals surface area (Å²) in [4.78, 5) is 0. The highest BCUT2D eigenvalue weighted by Gasteiger charge is 2.17. The number of rotatable bonds is 2. The third kappa shape index (κ3) is 3.02. The Kier molecular flexibility index (Phi) is 3.42. The summed E-state index contributed by atoms with van der Waals surface area (Å²) in [7, 11) is 0. The van der Waals surface area contributed by atoms with E-state index in [0.717, 1.165) is 5.69 Å². The van der Waals surface area contributed by atoms with Crippen molar-refractivity contribution in [3.63, 3.8) is 0 Å². The summed E-state index contributed by atoms with van der Waals surface area (Å²) >= 11 is 0. The molecule has 1 aromatic rings. The second-order valence-corrected chi connectivity index (χ2v) is 4.83. The standard InChI is InChI=1S/C14H19N/c1-6-11(2)15-13-10-8-7-9-12(13)14(3,4)5/h1,7-11,15H,2-5H3. The van der Waals surface area contributed by atoms with Crippen molar-refractivity contribution >= 4 is 5.69 Å². The van der Waals surface area contributed by atoms with Crippen LogP contribution in [0, 0.1) is 12.3 Å². The van der Waals surface area contributed by atoms with Gasteiger partial charge in [0.05, 0.1) is 6.04 Å². The van der Waals surface area contributed by atoms with Crippen LogP contribution in [0.25, 0.3) is 0 Å². The lowest BCUT2D eigenvalue weighted by atomic mass is 9.85. The van der Waals surface area contributed by atoms with E-state index in [4.69, 9.17) is 6.42 Å². The van der Waals surface area contributed by atoms with Crippen LogP contribution in [-0.2, 0) is 5.41 Å². The lowest BCUT2D eigenvalue weighted by Crippen LogP contribution is -2.18. The van der Waals surface area contributed by atoms with Crippen molar-refractivity contribution in [2.45, 2.75) is 39.2 Å². The fourth-order valence-electron chi connectivity index (χ4n) is 1.54. The maximum Gasteiger partial charge on any atom is 0.0845 e. The fraction of sp³-hybridized carbons (Fsp3) is 0.429. The summed E-state index contributed by atoms with van der Waals surface area (Å²) in [6, 6.07) is 8.38. The molecule has 1 nitrogen and oxygen atoms in total. The van der Waals surface area contributed by atoms with Gasteiger partial charge in [-0.25, -0.2) is 0 Å². The van der Waals surface area contributed by atoms with E-state index in [1.165, 1.54) is 5.56 Å². The lowest BCUT2D eigenvalue weighted by molar-refractivity contribution is 0.591. The third-order valence-electron chi connectivity index (χ3n) is 2.36. The van der Waals surface area contributed by atoms with Gasteiger partial charge >= 0.3 is 0 Å². The van der Waals surface area contributed by atoms with Crippen LogP contribution in [0.3, 0.4) is 0 Å². The average Bonchev–Trinajstić information content (AvgIpc) is 2.17. The van der Waals surface area contributed by atoms with Crippen molar-refractivity contribution in [1.29, 1.82) is 0 Å². The molecule has 0 aliphatic heterocycles. The molecule has 0 heterocycles. The molecule has 0 aromatic heterocycles. The molecule has 80 valence electrons. The largest absolute Gasteiger partial charge is 0.372 e. The first kappa shape index (κ1) is 11.7. The Labute approximate surface area is 92.9 Å². The molecule has 1 unspecified atom stereocenters. The second kappa shape index (κ2) is 4.40. The van der Waals surface area contributed by atoms with Gasteiger partial charge in [-0.2, -0.15) is 0 Å². The van der Waals surface area contributed by atoms with E-state index < -0.39 is 0 Å². The number of anilines is 1. The van der Waals surface area contributed by atoms with Gasteiger partial charge in [-0.1, -0.05) is 44.9 Å². The van der Waals surface area contributed by atoms with Gasteiger partial charge in [0.15, 0.2) is 0 Å². The van der Waals surface area contributed by atoms with E-state index in [2.05, 4.69) is 50.2 Å². The third-order valence-corrected chi connectivity index (χ3v) is 2.36. The van der Waals surface area contributed by atoms with Crippen LogP contribution in [-0.4, -0.2) is 6.04 Å². The first-order valence-corrected chi connectivity index (χ1v) is 5.27. The highest BCUT2D eigenvalue weighted by Crippen LogP contribution is 2.29. The Morgan fingerprint density at radius 3 is 2.40 bits per heavy atom. The summed E-state index contributed by atoms with van der Waals surface area (Å²) in [5.41, 5.74) is 2.57. The molecular formula is C14H19N. The van der Waals surface area contributed by atoms with Crippen LogP contribution >= 0.6 is 0 Å². The zero-order valence-corrected chi connectivity index (χ0v) is 9.96. The molecule has 0 aliphatic rings. The molecule has 15 heavy (non-hydrogen) atoms. The predicted octanol–water partition coefficient (Wildman–Crippen LogP) is 3.42. The van der Waals surface area contributed by atoms with Gasteiger partial charge < -0.3 is 5.32 Å². The van der Waals surface area contributed by atoms with Crippen molar-refractivity contribution in [2.75, 3.05) is 5.32 Å². The van der Waals surface area contributed by atoms with Crippen LogP contribution in [0.4, 0.5) is 5.69 Å². The minimum atomic E-state index is 0.0634. The number of benzene rings is 1. The highest BCUT2D eigenvalue weighted by atomic mass is 14.9. The molecule has 0 bridgehead atoms. The summed E-state index contributed by atoms with van der Waals surface area (Å²) in [6.45, 7) is 8.59. The van der Waals surface area contributed by atoms with Gasteiger partial charge in [0.25, 0.3) is 0 Å². The first-order chi connectivity index (χ1) is 6.95. The van der Waals surface area contributed by atoms with Gasteiger partial charge in [-0.3, -0.25) is 0 Å². The zero-order valence-electron chi connectivity index (χ0n) is 9.96. The van der Waals surface area contributed by atoms with E-state index in [9.17, 15) is 0 Å². The molecule has 1 rings (SSSR count). The first-order valence-electron chi connectivity index (χ1n) is 5.27. The zero-order chi connectivity index (χ0) is 11.5. The second-order valence-electron chi connectivity index (χ2n) is 4.83. The minimum absolute atomic E-state index is 0.0634. The van der Waals surface area contributed by atoms with Crippen molar-refractivity contribution < 1.29 is 0 Å². The molecule has 0 saturated heterocycles. The van der Waals surface area contributed by atoms with Gasteiger partial charge in [-0.05, 0) is 24.0 Å². The molecule has 0 spiro atoms. The summed E-state index contributed by atoms with van der Waals surface area (Å²) < 4.78 is 0. The van der Waals surface area contributed by atoms with E-state index in [1.807, 2.05) is 13.0 Å². The summed E-state index contributed by atoms with van der Waals surface area (Å²) in [6.07, 6.45) is 5.37. The Balaban J connectivity index is 3.03. The van der Waals surface area contributed by atoms with Gasteiger partial charge in [-0.15, -0.1) is 6.42 Å². The fourth-order valence-corrected chi connectivity index (χ4v) is 1.54. The maximum atomic E-state index is 5.37. The van der Waals surface area contributed by atoms with Crippen LogP contribution in [0.1, 0.15) is 33.3 Å². The van der Waals surface area contributed by atoms with Crippen LogP contribution in [0.2, 0.25) is 0 Å². The van der Waals surface area contributed by atoms with Crippen LogP contribution in [0.15, 0.2) is 24.3 Å². The minimum Gasteiger partial charge on any atom is -0.372 e. The van der Waals surface area contributed by atoms with E-state index in [0.29, 0.717) is 0 Å². The Morgan fingerprint density at radius 2 is 1.87 bits per heavy atom. The Bertz CT molecular complexity index is 366. The van der Waals surface area contributed by atoms with Gasteiger partial charge in [0.2, 0.25) is 0 Å². The van der Waals surface area contributed by atoms with Crippen molar-refractivity contribution in [3.05, 3.63) is 29.8 Å². The topological polar surface area (TPSA) is 12.0 Å². The summed E-state index contributed by atoms with van der Waals surface area (Å²) in [5, 5.41) is 3.33. The van der Waals surface area contributed by atoms with Crippen LogP contribution in [0.5, 0.6) is 0 Å². The highest BCUT2D eigenvalue weighted by molar-refractivity contribution is 5.55. The predicted molar refractivity (Wildman–Crippen MR) is 67.1 cm³/mol. The average molecular weight is 201 g/mol. The SMILES string of the molecule is C#CC(C)Nc1ccccc1C(C)(C)C. The van der Waals surface area contributed by atoms with E-state index in [1.54, 1.807) is 0 Å². The molecule has 1 N–H and O–H groups in total. The number of terminal acetylenes is 1. The molecule has 1 atom stereocenters. The molecule has 0 fully saturated rings. The molecule has 0 saturated carbocycles. The van der Waals surface area contributed by atoms with E-state index >= 15 is 0 Å². The Hall–Kier alpha value is -1.42. The van der Waals surface area contributed by atoms with Crippen LogP contribution < -0.4 is 5.32 Å². The van der Waals surface area contributed by atoms with Crippen molar-refractivity contribution in [1.82, 2.24) is 0 Å². The number of hydrogen-bond acceptors (Lipinski definition) is 1. The quantitative estimate of drug-likeness (QED) is 0.723. The number of para-hydroxylation sites is 1. The molecule has 0 aliphatic carbocycles. The smallest absolute Gasteiger partial charge is 0.0845 e. The van der Waals surface area contributed by atoms with Gasteiger partial charge in [0.1, 0.15) is 0 Å². The molecule has 1 aromatic carbocycles. The Morgan fingerprint density at radius 1 is 1.27 bits per heavy atom. The molecule has 0 amide bonds. The lowest BCUT2D eigenvalue weighted by Gasteiger charge is -2.24. The normalized spacial score (nSPS) is 13.0. The molecule has 0 radical (unpaired) electrons. The van der Waals surface area contributed by atoms with Crippen molar-refractivity contribution in [3.8, 4) is 12.3 Å². The molecular weight excluding hydrogens is 182 g/mol. The van der Waals surface area contributed by atoms with E-state index in [-0.39, 0.29) is 11.5 Å². The van der Waals surface area contributed by atoms with Gasteiger partial charge in [0, 0.05) is 5.69 Å². The number of hydrogen-bond donors (Lipinski definition) is 1. The summed E-state index contributed by atoms with van der Waals surface area (Å²) in [5.74, 6) is 2.68. The van der Waals surface area contributed by atoms with Crippen molar-refractivity contribution in [2.24, 2.45) is 0 Å². The number of nitrogens with one attached hydrogen (secondary N) is 1. The molecule has 1 heteroatoms.